The Kier molecular flexibility index (Phi) is 7.29. The number of carbonyl (C=O) groups excluding carboxylic acids is 1. The van der Waals surface area contributed by atoms with Crippen molar-refractivity contribution in [3.05, 3.63) is 93.3 Å². The summed E-state index contributed by atoms with van der Waals surface area (Å²) < 4.78 is 28.5. The van der Waals surface area contributed by atoms with Crippen LogP contribution in [-0.4, -0.2) is 21.4 Å². The summed E-state index contributed by atoms with van der Waals surface area (Å²) >= 11 is 0. The Balaban J connectivity index is 1.84. The van der Waals surface area contributed by atoms with Crippen LogP contribution in [-0.2, 0) is 11.2 Å². The lowest BCUT2D eigenvalue weighted by Gasteiger charge is -2.22. The minimum Gasteiger partial charge on any atom is -0.481 e. The highest BCUT2D eigenvalue weighted by atomic mass is 19.1. The Morgan fingerprint density at radius 1 is 1.03 bits per heavy atom. The van der Waals surface area contributed by atoms with Crippen molar-refractivity contribution in [2.24, 2.45) is 5.41 Å². The van der Waals surface area contributed by atoms with E-state index in [1.54, 1.807) is 31.2 Å². The number of hydrogen-bond acceptors (Lipinski definition) is 4. The van der Waals surface area contributed by atoms with E-state index >= 15 is 0 Å². The van der Waals surface area contributed by atoms with Gasteiger partial charge in [-0.1, -0.05) is 19.1 Å². The minimum absolute atomic E-state index is 0.0818. The number of aromatic nitrogens is 1. The highest BCUT2D eigenvalue weighted by Gasteiger charge is 2.30. The molecule has 3 N–H and O–H groups in total. The number of ketones is 1. The normalized spacial score (nSPS) is 12.8. The zero-order valence-electron chi connectivity index (χ0n) is 19.0. The second kappa shape index (κ2) is 9.99. The molecule has 0 amide bonds. The number of carboxylic acids is 1. The molecule has 3 aromatic rings. The zero-order chi connectivity index (χ0) is 25.0. The van der Waals surface area contributed by atoms with Crippen LogP contribution in [0.4, 0.5) is 14.6 Å². The van der Waals surface area contributed by atoms with E-state index in [1.807, 2.05) is 6.92 Å². The predicted molar refractivity (Wildman–Crippen MR) is 125 cm³/mol. The number of aryl methyl sites for hydroxylation is 1. The van der Waals surface area contributed by atoms with E-state index in [4.69, 9.17) is 5.73 Å². The summed E-state index contributed by atoms with van der Waals surface area (Å²) in [6.07, 6.45) is 2.43. The van der Waals surface area contributed by atoms with Gasteiger partial charge in [0.15, 0.2) is 5.78 Å². The van der Waals surface area contributed by atoms with Crippen molar-refractivity contribution in [2.75, 3.05) is 5.73 Å². The molecule has 0 fully saturated rings. The summed E-state index contributed by atoms with van der Waals surface area (Å²) in [5, 5.41) is 9.40. The van der Waals surface area contributed by atoms with E-state index in [9.17, 15) is 28.3 Å². The smallest absolute Gasteiger partial charge is 0.309 e. The van der Waals surface area contributed by atoms with Gasteiger partial charge in [-0.2, -0.15) is 0 Å². The Bertz CT molecular complexity index is 1280. The molecule has 0 aliphatic carbocycles. The summed E-state index contributed by atoms with van der Waals surface area (Å²) in [6.45, 7) is 3.59. The molecule has 0 radical (unpaired) electrons. The average molecular weight is 469 g/mol. The summed E-state index contributed by atoms with van der Waals surface area (Å²) in [5.41, 5.74) is 5.84. The number of anilines is 1. The third-order valence-corrected chi connectivity index (χ3v) is 6.24. The molecule has 0 unspecified atom stereocenters. The highest BCUT2D eigenvalue weighted by Crippen LogP contribution is 2.28. The molecule has 0 spiro atoms. The first-order chi connectivity index (χ1) is 16.1. The van der Waals surface area contributed by atoms with Crippen LogP contribution < -0.4 is 11.3 Å². The largest absolute Gasteiger partial charge is 0.481 e. The van der Waals surface area contributed by atoms with Crippen molar-refractivity contribution in [3.63, 3.8) is 0 Å². The summed E-state index contributed by atoms with van der Waals surface area (Å²) in [5.74, 6) is -3.56. The van der Waals surface area contributed by atoms with Crippen molar-refractivity contribution < 1.29 is 23.5 Å². The van der Waals surface area contributed by atoms with Gasteiger partial charge in [0, 0.05) is 12.1 Å². The highest BCUT2D eigenvalue weighted by molar-refractivity contribution is 6.11. The first-order valence-electron chi connectivity index (χ1n) is 10.9. The van der Waals surface area contributed by atoms with E-state index < -0.39 is 34.4 Å². The van der Waals surface area contributed by atoms with Crippen LogP contribution >= 0.6 is 0 Å². The third-order valence-electron chi connectivity index (χ3n) is 6.24. The van der Waals surface area contributed by atoms with Crippen LogP contribution in [0.15, 0.2) is 59.4 Å². The number of nitrogen functional groups attached to an aromatic ring is 1. The van der Waals surface area contributed by atoms with Crippen molar-refractivity contribution in [2.45, 2.75) is 39.5 Å². The number of nitrogens with two attached hydrogens (primary N) is 1. The van der Waals surface area contributed by atoms with Gasteiger partial charge in [-0.25, -0.2) is 8.78 Å². The Morgan fingerprint density at radius 2 is 1.68 bits per heavy atom. The molecule has 0 bridgehead atoms. The summed E-state index contributed by atoms with van der Waals surface area (Å²) in [4.78, 5) is 36.8. The first kappa shape index (κ1) is 24.8. The molecular weight excluding hydrogens is 442 g/mol. The van der Waals surface area contributed by atoms with Gasteiger partial charge in [-0.3, -0.25) is 19.0 Å². The van der Waals surface area contributed by atoms with Crippen molar-refractivity contribution >= 4 is 17.6 Å². The monoisotopic (exact) mass is 468 g/mol. The molecule has 0 saturated heterocycles. The lowest BCUT2D eigenvalue weighted by atomic mass is 9.82. The summed E-state index contributed by atoms with van der Waals surface area (Å²) in [7, 11) is 0. The fourth-order valence-corrected chi connectivity index (χ4v) is 3.76. The van der Waals surface area contributed by atoms with Gasteiger partial charge in [0.2, 0.25) is 0 Å². The second-order valence-electron chi connectivity index (χ2n) is 8.50. The van der Waals surface area contributed by atoms with Gasteiger partial charge >= 0.3 is 5.97 Å². The predicted octanol–water partition coefficient (Wildman–Crippen LogP) is 4.75. The van der Waals surface area contributed by atoms with Gasteiger partial charge in [-0.05, 0) is 68.5 Å². The standard InChI is InChI=1S/C26H26F2N2O4/c1-3-26(2,25(33)34)14-4-5-16-6-9-18(10-7-16)30-22(31)13-12-20(24(30)29)23(32)19-11-8-17(27)15-21(19)28/h6-13,15H,3-5,14,29H2,1-2H3,(H,33,34)/t26-/m1/s1. The molecule has 6 nitrogen and oxygen atoms in total. The first-order valence-corrected chi connectivity index (χ1v) is 10.9. The Morgan fingerprint density at radius 3 is 2.26 bits per heavy atom. The van der Waals surface area contributed by atoms with Crippen LogP contribution in [0, 0.1) is 17.0 Å². The molecule has 3 rings (SSSR count). The van der Waals surface area contributed by atoms with Crippen LogP contribution in [0.25, 0.3) is 5.69 Å². The Labute approximate surface area is 195 Å². The molecule has 1 aromatic heterocycles. The van der Waals surface area contributed by atoms with E-state index in [0.29, 0.717) is 37.4 Å². The minimum atomic E-state index is -1.02. The number of carboxylic acid groups (broad SMARTS) is 1. The molecule has 2 aromatic carbocycles. The maximum absolute atomic E-state index is 14.1. The second-order valence-corrected chi connectivity index (χ2v) is 8.50. The maximum Gasteiger partial charge on any atom is 0.309 e. The number of nitrogens with zero attached hydrogens (tertiary/aromatic N) is 1. The number of halogens is 2. The Hall–Kier alpha value is -3.81. The van der Waals surface area contributed by atoms with Gasteiger partial charge in [0.1, 0.15) is 17.5 Å². The fraction of sp³-hybridized carbons (Fsp3) is 0.269. The van der Waals surface area contributed by atoms with E-state index in [-0.39, 0.29) is 16.9 Å². The summed E-state index contributed by atoms with van der Waals surface area (Å²) in [6, 6.07) is 12.0. The fourth-order valence-electron chi connectivity index (χ4n) is 3.76. The van der Waals surface area contributed by atoms with E-state index in [2.05, 4.69) is 0 Å². The third kappa shape index (κ3) is 5.06. The lowest BCUT2D eigenvalue weighted by Crippen LogP contribution is -2.26. The number of hydrogen-bond donors (Lipinski definition) is 2. The van der Waals surface area contributed by atoms with Crippen LogP contribution in [0.1, 0.15) is 54.6 Å². The van der Waals surface area contributed by atoms with Crippen molar-refractivity contribution in [1.82, 2.24) is 4.57 Å². The number of benzene rings is 2. The average Bonchev–Trinajstić information content (AvgIpc) is 2.79. The number of aliphatic carboxylic acids is 1. The van der Waals surface area contributed by atoms with E-state index in [1.165, 1.54) is 6.07 Å². The zero-order valence-corrected chi connectivity index (χ0v) is 19.0. The molecule has 0 saturated carbocycles. The molecule has 1 atom stereocenters. The van der Waals surface area contributed by atoms with Gasteiger partial charge in [-0.15, -0.1) is 0 Å². The molecule has 8 heteroatoms. The van der Waals surface area contributed by atoms with Crippen LogP contribution in [0.2, 0.25) is 0 Å². The molecule has 1 heterocycles. The van der Waals surface area contributed by atoms with E-state index in [0.717, 1.165) is 28.3 Å². The van der Waals surface area contributed by atoms with Gasteiger partial charge in [0.25, 0.3) is 5.56 Å². The maximum atomic E-state index is 14.1. The number of rotatable bonds is 9. The molecule has 0 aliphatic heterocycles. The topological polar surface area (TPSA) is 102 Å². The van der Waals surface area contributed by atoms with Crippen molar-refractivity contribution in [3.8, 4) is 5.69 Å². The molecule has 178 valence electrons. The number of carbonyl (C=O) groups is 2. The van der Waals surface area contributed by atoms with Gasteiger partial charge < -0.3 is 10.8 Å². The quantitative estimate of drug-likeness (QED) is 0.441. The van der Waals surface area contributed by atoms with Crippen molar-refractivity contribution in [1.29, 1.82) is 0 Å². The lowest BCUT2D eigenvalue weighted by molar-refractivity contribution is -0.148. The van der Waals surface area contributed by atoms with Crippen LogP contribution in [0.3, 0.4) is 0 Å². The van der Waals surface area contributed by atoms with Crippen LogP contribution in [0.5, 0.6) is 0 Å². The molecule has 34 heavy (non-hydrogen) atoms. The molecular formula is C26H26F2N2O4. The van der Waals surface area contributed by atoms with Gasteiger partial charge in [0.05, 0.1) is 22.2 Å². The number of pyridine rings is 1. The SMILES string of the molecule is CC[C@](C)(CCCc1ccc(-n2c(N)c(C(=O)c3ccc(F)cc3F)ccc2=O)cc1)C(=O)O. The molecule has 0 aliphatic rings.